The SMILES string of the molecule is CC(=O)OC[C@H]1OC(OC(=O)c2ccc(-c3ccccc3)cc2)C[C@H]1N=[N+]=[N-]. The van der Waals surface area contributed by atoms with Gasteiger partial charge in [-0.05, 0) is 28.8 Å². The van der Waals surface area contributed by atoms with Crippen molar-refractivity contribution in [3.05, 3.63) is 70.6 Å². The summed E-state index contributed by atoms with van der Waals surface area (Å²) in [5.74, 6) is -1.01. The van der Waals surface area contributed by atoms with Crippen LogP contribution in [0.15, 0.2) is 59.7 Å². The van der Waals surface area contributed by atoms with E-state index in [0.717, 1.165) is 11.1 Å². The fourth-order valence-electron chi connectivity index (χ4n) is 2.92. The quantitative estimate of drug-likeness (QED) is 0.326. The Balaban J connectivity index is 1.62. The van der Waals surface area contributed by atoms with Crippen molar-refractivity contribution in [2.45, 2.75) is 31.8 Å². The summed E-state index contributed by atoms with van der Waals surface area (Å²) in [6, 6.07) is 16.3. The number of carbonyl (C=O) groups excluding carboxylic acids is 2. The van der Waals surface area contributed by atoms with Gasteiger partial charge in [0.1, 0.15) is 12.7 Å². The van der Waals surface area contributed by atoms with Gasteiger partial charge in [-0.1, -0.05) is 47.6 Å². The van der Waals surface area contributed by atoms with E-state index in [9.17, 15) is 9.59 Å². The minimum Gasteiger partial charge on any atom is -0.463 e. The minimum absolute atomic E-state index is 0.0706. The molecule has 28 heavy (non-hydrogen) atoms. The number of benzene rings is 2. The maximum absolute atomic E-state index is 12.4. The van der Waals surface area contributed by atoms with Crippen molar-refractivity contribution in [1.82, 2.24) is 0 Å². The van der Waals surface area contributed by atoms with Crippen LogP contribution in [0.5, 0.6) is 0 Å². The topological polar surface area (TPSA) is 111 Å². The number of carbonyl (C=O) groups is 2. The normalized spacial score (nSPS) is 20.8. The molecule has 1 fully saturated rings. The van der Waals surface area contributed by atoms with Crippen LogP contribution < -0.4 is 0 Å². The summed E-state index contributed by atoms with van der Waals surface area (Å²) in [6.45, 7) is 1.20. The van der Waals surface area contributed by atoms with Crippen molar-refractivity contribution in [3.63, 3.8) is 0 Å². The van der Waals surface area contributed by atoms with E-state index >= 15 is 0 Å². The molecule has 3 atom stereocenters. The van der Waals surface area contributed by atoms with Crippen LogP contribution in [-0.4, -0.2) is 37.0 Å². The molecule has 0 amide bonds. The molecular formula is C20H19N3O5. The summed E-state index contributed by atoms with van der Waals surface area (Å²) in [4.78, 5) is 26.1. The zero-order chi connectivity index (χ0) is 19.9. The van der Waals surface area contributed by atoms with Crippen LogP contribution in [0, 0.1) is 0 Å². The molecule has 144 valence electrons. The van der Waals surface area contributed by atoms with Gasteiger partial charge in [0.15, 0.2) is 0 Å². The molecule has 1 saturated heterocycles. The number of nitrogens with zero attached hydrogens (tertiary/aromatic N) is 3. The van der Waals surface area contributed by atoms with Crippen molar-refractivity contribution < 1.29 is 23.8 Å². The molecule has 1 heterocycles. The number of rotatable bonds is 6. The summed E-state index contributed by atoms with van der Waals surface area (Å²) in [5.41, 5.74) is 11.1. The lowest BCUT2D eigenvalue weighted by Crippen LogP contribution is -2.26. The maximum atomic E-state index is 12.4. The summed E-state index contributed by atoms with van der Waals surface area (Å²) < 4.78 is 15.9. The van der Waals surface area contributed by atoms with Gasteiger partial charge in [-0.25, -0.2) is 4.79 Å². The highest BCUT2D eigenvalue weighted by atomic mass is 16.7. The van der Waals surface area contributed by atoms with Crippen molar-refractivity contribution in [2.75, 3.05) is 6.61 Å². The Hall–Kier alpha value is -3.35. The third-order valence-corrected chi connectivity index (χ3v) is 4.31. The molecule has 8 heteroatoms. The molecule has 0 bridgehead atoms. The van der Waals surface area contributed by atoms with E-state index < -0.39 is 30.4 Å². The molecule has 0 aliphatic carbocycles. The lowest BCUT2D eigenvalue weighted by Gasteiger charge is -2.15. The predicted octanol–water partition coefficient (Wildman–Crippen LogP) is 3.87. The van der Waals surface area contributed by atoms with Gasteiger partial charge in [-0.15, -0.1) is 0 Å². The largest absolute Gasteiger partial charge is 0.463 e. The van der Waals surface area contributed by atoms with Gasteiger partial charge < -0.3 is 14.2 Å². The Labute approximate surface area is 161 Å². The van der Waals surface area contributed by atoms with Crippen molar-refractivity contribution in [1.29, 1.82) is 0 Å². The average molecular weight is 381 g/mol. The molecule has 1 aliphatic heterocycles. The van der Waals surface area contributed by atoms with Crippen LogP contribution in [0.3, 0.4) is 0 Å². The Morgan fingerprint density at radius 1 is 1.14 bits per heavy atom. The van der Waals surface area contributed by atoms with E-state index in [1.807, 2.05) is 42.5 Å². The first-order valence-electron chi connectivity index (χ1n) is 8.76. The number of hydrogen-bond donors (Lipinski definition) is 0. The summed E-state index contributed by atoms with van der Waals surface area (Å²) in [7, 11) is 0. The molecule has 1 aliphatic rings. The number of ether oxygens (including phenoxy) is 3. The monoisotopic (exact) mass is 381 g/mol. The van der Waals surface area contributed by atoms with E-state index in [-0.39, 0.29) is 13.0 Å². The van der Waals surface area contributed by atoms with E-state index in [2.05, 4.69) is 10.0 Å². The van der Waals surface area contributed by atoms with Crippen LogP contribution in [-0.2, 0) is 19.0 Å². The first kappa shape index (κ1) is 19.4. The lowest BCUT2D eigenvalue weighted by molar-refractivity contribution is -0.151. The predicted molar refractivity (Wildman–Crippen MR) is 100 cm³/mol. The smallest absolute Gasteiger partial charge is 0.340 e. The zero-order valence-electron chi connectivity index (χ0n) is 15.2. The summed E-state index contributed by atoms with van der Waals surface area (Å²) >= 11 is 0. The van der Waals surface area contributed by atoms with Crippen molar-refractivity contribution >= 4 is 11.9 Å². The van der Waals surface area contributed by atoms with Crippen LogP contribution in [0.25, 0.3) is 21.6 Å². The van der Waals surface area contributed by atoms with Gasteiger partial charge in [-0.3, -0.25) is 4.79 Å². The fraction of sp³-hybridized carbons (Fsp3) is 0.300. The van der Waals surface area contributed by atoms with Gasteiger partial charge in [0.2, 0.25) is 6.29 Å². The van der Waals surface area contributed by atoms with Crippen LogP contribution >= 0.6 is 0 Å². The molecule has 0 saturated carbocycles. The van der Waals surface area contributed by atoms with Gasteiger partial charge in [0.25, 0.3) is 0 Å². The third kappa shape index (κ3) is 4.88. The van der Waals surface area contributed by atoms with Gasteiger partial charge in [0.05, 0.1) is 11.6 Å². The molecular weight excluding hydrogens is 362 g/mol. The summed E-state index contributed by atoms with van der Waals surface area (Å²) in [6.07, 6.45) is -1.33. The second kappa shape index (κ2) is 9.03. The molecule has 2 aromatic carbocycles. The fourth-order valence-corrected chi connectivity index (χ4v) is 2.92. The highest BCUT2D eigenvalue weighted by Crippen LogP contribution is 2.26. The van der Waals surface area contributed by atoms with Crippen LogP contribution in [0.2, 0.25) is 0 Å². The van der Waals surface area contributed by atoms with Crippen molar-refractivity contribution in [3.8, 4) is 11.1 Å². The minimum atomic E-state index is -0.877. The number of hydrogen-bond acceptors (Lipinski definition) is 6. The first-order valence-corrected chi connectivity index (χ1v) is 8.76. The first-order chi connectivity index (χ1) is 13.6. The van der Waals surface area contributed by atoms with Gasteiger partial charge in [-0.2, -0.15) is 0 Å². The average Bonchev–Trinajstić information content (AvgIpc) is 3.08. The van der Waals surface area contributed by atoms with Crippen LogP contribution in [0.4, 0.5) is 0 Å². The lowest BCUT2D eigenvalue weighted by atomic mass is 10.0. The Bertz CT molecular complexity index is 878. The van der Waals surface area contributed by atoms with E-state index in [0.29, 0.717) is 5.56 Å². The molecule has 1 unspecified atom stereocenters. The molecule has 0 aromatic heterocycles. The van der Waals surface area contributed by atoms with E-state index in [1.165, 1.54) is 6.92 Å². The van der Waals surface area contributed by atoms with E-state index in [1.54, 1.807) is 12.1 Å². The Kier molecular flexibility index (Phi) is 6.26. The van der Waals surface area contributed by atoms with E-state index in [4.69, 9.17) is 19.7 Å². The van der Waals surface area contributed by atoms with Crippen LogP contribution in [0.1, 0.15) is 23.7 Å². The third-order valence-electron chi connectivity index (χ3n) is 4.31. The van der Waals surface area contributed by atoms with Gasteiger partial charge in [0, 0.05) is 18.3 Å². The molecule has 0 radical (unpaired) electrons. The maximum Gasteiger partial charge on any atom is 0.340 e. The molecule has 3 rings (SSSR count). The van der Waals surface area contributed by atoms with Gasteiger partial charge >= 0.3 is 11.9 Å². The number of azide groups is 1. The highest BCUT2D eigenvalue weighted by molar-refractivity contribution is 5.90. The standard InChI is InChI=1S/C20H19N3O5/c1-13(24)26-12-18-17(22-23-21)11-19(27-18)28-20(25)16-9-7-15(8-10-16)14-5-3-2-4-6-14/h2-10,17-19H,11-12H2,1H3/t17-,18-,19?/m1/s1. The highest BCUT2D eigenvalue weighted by Gasteiger charge is 2.37. The zero-order valence-corrected chi connectivity index (χ0v) is 15.2. The molecule has 8 nitrogen and oxygen atoms in total. The summed E-state index contributed by atoms with van der Waals surface area (Å²) in [5, 5.41) is 3.63. The Morgan fingerprint density at radius 2 is 1.82 bits per heavy atom. The van der Waals surface area contributed by atoms with Crippen molar-refractivity contribution in [2.24, 2.45) is 5.11 Å². The second-order valence-corrected chi connectivity index (χ2v) is 6.26. The Morgan fingerprint density at radius 3 is 2.46 bits per heavy atom. The molecule has 0 spiro atoms. The molecule has 2 aromatic rings. The second-order valence-electron chi connectivity index (χ2n) is 6.26. The number of esters is 2. The molecule has 0 N–H and O–H groups in total.